The van der Waals surface area contributed by atoms with Gasteiger partial charge in [-0.05, 0) is 36.8 Å². The summed E-state index contributed by atoms with van der Waals surface area (Å²) in [5, 5.41) is 11.9. The lowest BCUT2D eigenvalue weighted by Gasteiger charge is -2.11. The lowest BCUT2D eigenvalue weighted by Crippen LogP contribution is -2.23. The summed E-state index contributed by atoms with van der Waals surface area (Å²) in [5.74, 6) is 1.30. The summed E-state index contributed by atoms with van der Waals surface area (Å²) in [6.07, 6.45) is 3.03. The number of furan rings is 1. The summed E-state index contributed by atoms with van der Waals surface area (Å²) in [4.78, 5) is 12.2. The summed E-state index contributed by atoms with van der Waals surface area (Å²) >= 11 is 0. The molecule has 1 N–H and O–H groups in total. The molecular weight excluding hydrogens is 308 g/mol. The first-order valence-electron chi connectivity index (χ1n) is 7.24. The third-order valence-corrected chi connectivity index (χ3v) is 3.44. The normalized spacial score (nSPS) is 10.8. The fraction of sp³-hybridized carbons (Fsp3) is 0.222. The highest BCUT2D eigenvalue weighted by Crippen LogP contribution is 2.30. The van der Waals surface area contributed by atoms with E-state index in [1.54, 1.807) is 25.3 Å². The predicted octanol–water partition coefficient (Wildman–Crippen LogP) is 2.83. The Morgan fingerprint density at radius 2 is 2.17 bits per heavy atom. The highest BCUT2D eigenvalue weighted by Gasteiger charge is 2.13. The number of nitrogens with one attached hydrogen (secondary N) is 1. The molecule has 0 aliphatic rings. The first kappa shape index (κ1) is 17.2. The standard InChI is InChI=1S/C18H18N2O4/c1-12-7-15(22-2)9-17(23-3)16(12)8-13(10-19)18(21)20-11-14-5-4-6-24-14/h4-9H,11H2,1-3H3,(H,20,21)/b13-8+. The van der Waals surface area contributed by atoms with Crippen molar-refractivity contribution in [3.63, 3.8) is 0 Å². The van der Waals surface area contributed by atoms with Gasteiger partial charge in [-0.25, -0.2) is 0 Å². The van der Waals surface area contributed by atoms with Crippen LogP contribution in [0.4, 0.5) is 0 Å². The highest BCUT2D eigenvalue weighted by atomic mass is 16.5. The molecule has 0 atom stereocenters. The number of nitrogens with zero attached hydrogens (tertiary/aromatic N) is 1. The molecule has 0 aliphatic carbocycles. The summed E-state index contributed by atoms with van der Waals surface area (Å²) in [6, 6.07) is 8.90. The van der Waals surface area contributed by atoms with Crippen LogP contribution in [0.1, 0.15) is 16.9 Å². The molecule has 0 saturated carbocycles. The van der Waals surface area contributed by atoms with E-state index in [9.17, 15) is 10.1 Å². The molecule has 24 heavy (non-hydrogen) atoms. The Morgan fingerprint density at radius 3 is 2.75 bits per heavy atom. The smallest absolute Gasteiger partial charge is 0.262 e. The van der Waals surface area contributed by atoms with Gasteiger partial charge in [0.1, 0.15) is 28.9 Å². The van der Waals surface area contributed by atoms with Crippen molar-refractivity contribution in [3.05, 3.63) is 53.0 Å². The fourth-order valence-corrected chi connectivity index (χ4v) is 2.17. The Labute approximate surface area is 140 Å². The van der Waals surface area contributed by atoms with Crippen LogP contribution in [0.15, 0.2) is 40.5 Å². The number of amides is 1. The van der Waals surface area contributed by atoms with E-state index in [1.165, 1.54) is 19.4 Å². The van der Waals surface area contributed by atoms with Gasteiger partial charge in [-0.15, -0.1) is 0 Å². The Balaban J connectivity index is 2.26. The molecule has 1 heterocycles. The van der Waals surface area contributed by atoms with E-state index in [1.807, 2.05) is 19.1 Å². The number of methoxy groups -OCH3 is 2. The molecule has 2 aromatic rings. The van der Waals surface area contributed by atoms with Crippen LogP contribution < -0.4 is 14.8 Å². The molecule has 124 valence electrons. The van der Waals surface area contributed by atoms with Gasteiger partial charge in [0.25, 0.3) is 5.91 Å². The second-order valence-corrected chi connectivity index (χ2v) is 4.99. The van der Waals surface area contributed by atoms with Crippen molar-refractivity contribution in [2.24, 2.45) is 0 Å². The van der Waals surface area contributed by atoms with Gasteiger partial charge < -0.3 is 19.2 Å². The largest absolute Gasteiger partial charge is 0.497 e. The van der Waals surface area contributed by atoms with Gasteiger partial charge >= 0.3 is 0 Å². The lowest BCUT2D eigenvalue weighted by atomic mass is 10.0. The molecule has 0 radical (unpaired) electrons. The molecule has 2 rings (SSSR count). The van der Waals surface area contributed by atoms with Gasteiger partial charge in [0.05, 0.1) is 27.0 Å². The van der Waals surface area contributed by atoms with Crippen molar-refractivity contribution in [3.8, 4) is 17.6 Å². The van der Waals surface area contributed by atoms with Gasteiger partial charge in [0, 0.05) is 11.6 Å². The summed E-state index contributed by atoms with van der Waals surface area (Å²) in [6.45, 7) is 2.07. The van der Waals surface area contributed by atoms with Gasteiger partial charge in [-0.2, -0.15) is 5.26 Å². The van der Waals surface area contributed by atoms with Crippen LogP contribution in [-0.4, -0.2) is 20.1 Å². The maximum Gasteiger partial charge on any atom is 0.262 e. The Hall–Kier alpha value is -3.20. The predicted molar refractivity (Wildman–Crippen MR) is 88.4 cm³/mol. The van der Waals surface area contributed by atoms with E-state index in [-0.39, 0.29) is 12.1 Å². The van der Waals surface area contributed by atoms with Crippen molar-refractivity contribution in [2.45, 2.75) is 13.5 Å². The van der Waals surface area contributed by atoms with Crippen LogP contribution in [-0.2, 0) is 11.3 Å². The van der Waals surface area contributed by atoms with E-state index < -0.39 is 5.91 Å². The molecular formula is C18H18N2O4. The van der Waals surface area contributed by atoms with E-state index in [0.29, 0.717) is 22.8 Å². The zero-order chi connectivity index (χ0) is 17.5. The molecule has 0 unspecified atom stereocenters. The number of aryl methyl sites for hydroxylation is 1. The average Bonchev–Trinajstić information content (AvgIpc) is 3.11. The molecule has 0 saturated heterocycles. The van der Waals surface area contributed by atoms with Crippen molar-refractivity contribution in [2.75, 3.05) is 14.2 Å². The Bertz CT molecular complexity index is 786. The fourth-order valence-electron chi connectivity index (χ4n) is 2.17. The molecule has 0 aliphatic heterocycles. The molecule has 6 nitrogen and oxygen atoms in total. The maximum absolute atomic E-state index is 12.2. The zero-order valence-corrected chi connectivity index (χ0v) is 13.8. The van der Waals surface area contributed by atoms with Crippen LogP contribution in [0, 0.1) is 18.3 Å². The number of hydrogen-bond donors (Lipinski definition) is 1. The Kier molecular flexibility index (Phi) is 5.63. The van der Waals surface area contributed by atoms with Crippen LogP contribution >= 0.6 is 0 Å². The van der Waals surface area contributed by atoms with Gasteiger partial charge in [-0.3, -0.25) is 4.79 Å². The van der Waals surface area contributed by atoms with E-state index in [0.717, 1.165) is 5.56 Å². The molecule has 0 bridgehead atoms. The topological polar surface area (TPSA) is 84.5 Å². The highest BCUT2D eigenvalue weighted by molar-refractivity contribution is 6.02. The van der Waals surface area contributed by atoms with Crippen molar-refractivity contribution in [1.82, 2.24) is 5.32 Å². The van der Waals surface area contributed by atoms with Crippen molar-refractivity contribution in [1.29, 1.82) is 5.26 Å². The average molecular weight is 326 g/mol. The number of carbonyl (C=O) groups excluding carboxylic acids is 1. The quantitative estimate of drug-likeness (QED) is 0.652. The number of rotatable bonds is 6. The van der Waals surface area contributed by atoms with Crippen LogP contribution in [0.2, 0.25) is 0 Å². The zero-order valence-electron chi connectivity index (χ0n) is 13.8. The van der Waals surface area contributed by atoms with Crippen molar-refractivity contribution >= 4 is 12.0 Å². The first-order chi connectivity index (χ1) is 11.6. The van der Waals surface area contributed by atoms with Gasteiger partial charge in [0.2, 0.25) is 0 Å². The monoisotopic (exact) mass is 326 g/mol. The molecule has 1 aromatic heterocycles. The molecule has 1 amide bonds. The number of nitriles is 1. The van der Waals surface area contributed by atoms with E-state index in [2.05, 4.69) is 5.32 Å². The molecule has 6 heteroatoms. The molecule has 0 fully saturated rings. The Morgan fingerprint density at radius 1 is 1.38 bits per heavy atom. The van der Waals surface area contributed by atoms with Crippen LogP contribution in [0.3, 0.4) is 0 Å². The van der Waals surface area contributed by atoms with Crippen molar-refractivity contribution < 1.29 is 18.7 Å². The molecule has 1 aromatic carbocycles. The third-order valence-electron chi connectivity index (χ3n) is 3.44. The number of carbonyl (C=O) groups is 1. The van der Waals surface area contributed by atoms with Crippen LogP contribution in [0.5, 0.6) is 11.5 Å². The summed E-state index contributed by atoms with van der Waals surface area (Å²) < 4.78 is 15.7. The first-order valence-corrected chi connectivity index (χ1v) is 7.24. The summed E-state index contributed by atoms with van der Waals surface area (Å²) in [7, 11) is 3.08. The molecule has 0 spiro atoms. The minimum Gasteiger partial charge on any atom is -0.497 e. The van der Waals surface area contributed by atoms with E-state index in [4.69, 9.17) is 13.9 Å². The minimum absolute atomic E-state index is 0.0203. The minimum atomic E-state index is -0.480. The number of benzene rings is 1. The third kappa shape index (κ3) is 3.96. The lowest BCUT2D eigenvalue weighted by molar-refractivity contribution is -0.117. The second-order valence-electron chi connectivity index (χ2n) is 4.99. The SMILES string of the molecule is COc1cc(C)c(/C=C(\C#N)C(=O)NCc2ccco2)c(OC)c1. The number of ether oxygens (including phenoxy) is 2. The summed E-state index contributed by atoms with van der Waals surface area (Å²) in [5.41, 5.74) is 1.47. The van der Waals surface area contributed by atoms with Crippen LogP contribution in [0.25, 0.3) is 6.08 Å². The maximum atomic E-state index is 12.2. The van der Waals surface area contributed by atoms with Gasteiger partial charge in [-0.1, -0.05) is 0 Å². The van der Waals surface area contributed by atoms with E-state index >= 15 is 0 Å². The number of hydrogen-bond acceptors (Lipinski definition) is 5. The van der Waals surface area contributed by atoms with Gasteiger partial charge in [0.15, 0.2) is 0 Å². The second kappa shape index (κ2) is 7.88.